The Morgan fingerprint density at radius 2 is 2.18 bits per heavy atom. The van der Waals surface area contributed by atoms with E-state index in [-0.39, 0.29) is 22.6 Å². The highest BCUT2D eigenvalue weighted by molar-refractivity contribution is 6.03. The van der Waals surface area contributed by atoms with Gasteiger partial charge in [-0.25, -0.2) is 0 Å². The van der Waals surface area contributed by atoms with Crippen molar-refractivity contribution in [3.63, 3.8) is 0 Å². The maximum Gasteiger partial charge on any atom is 0.294 e. The van der Waals surface area contributed by atoms with Gasteiger partial charge in [-0.05, 0) is 6.07 Å². The number of nitro groups is 1. The summed E-state index contributed by atoms with van der Waals surface area (Å²) >= 11 is 0. The van der Waals surface area contributed by atoms with Crippen LogP contribution in [0.5, 0.6) is 0 Å². The number of nitrogens with two attached hydrogens (primary N) is 1. The van der Waals surface area contributed by atoms with E-state index in [1.165, 1.54) is 12.1 Å². The average molecular weight is 238 g/mol. The predicted octanol–water partition coefficient (Wildman–Crippen LogP) is 0.315. The van der Waals surface area contributed by atoms with Crippen LogP contribution in [0.25, 0.3) is 0 Å². The van der Waals surface area contributed by atoms with Crippen molar-refractivity contribution in [3.05, 3.63) is 27.8 Å². The number of rotatable bonds is 4. The van der Waals surface area contributed by atoms with Crippen molar-refractivity contribution in [3.8, 4) is 0 Å². The first-order valence-electron chi connectivity index (χ1n) is 4.82. The molecule has 0 aromatic heterocycles. The van der Waals surface area contributed by atoms with Crippen molar-refractivity contribution in [1.82, 2.24) is 0 Å². The number of nitrogens with zero attached hydrogens (tertiary/aromatic N) is 2. The summed E-state index contributed by atoms with van der Waals surface area (Å²) in [6.07, 6.45) is 0. The zero-order chi connectivity index (χ0) is 12.6. The van der Waals surface area contributed by atoms with Crippen molar-refractivity contribution in [1.29, 1.82) is 0 Å². The Morgan fingerprint density at radius 1 is 1.53 bits per heavy atom. The standard InChI is InChI=1S/C9H10N4O4/c10-9(14)5-1-2-6(13(16)17)8(7(5)11-15)12-3-4-12/h1-2,11,15H,3-4H2,(H2,10,14). The number of benzene rings is 1. The fourth-order valence-corrected chi connectivity index (χ4v) is 1.64. The third-order valence-electron chi connectivity index (χ3n) is 2.49. The monoisotopic (exact) mass is 238 g/mol. The van der Waals surface area contributed by atoms with E-state index in [0.717, 1.165) is 0 Å². The van der Waals surface area contributed by atoms with Gasteiger partial charge >= 0.3 is 0 Å². The van der Waals surface area contributed by atoms with Gasteiger partial charge in [-0.3, -0.25) is 25.6 Å². The fourth-order valence-electron chi connectivity index (χ4n) is 1.64. The molecule has 0 atom stereocenters. The van der Waals surface area contributed by atoms with Crippen molar-refractivity contribution >= 4 is 23.0 Å². The Kier molecular flexibility index (Phi) is 2.56. The zero-order valence-corrected chi connectivity index (χ0v) is 8.71. The Balaban J connectivity index is 2.66. The van der Waals surface area contributed by atoms with Crippen LogP contribution in [-0.2, 0) is 0 Å². The summed E-state index contributed by atoms with van der Waals surface area (Å²) in [5.41, 5.74) is 6.94. The van der Waals surface area contributed by atoms with Crippen molar-refractivity contribution in [2.45, 2.75) is 0 Å². The van der Waals surface area contributed by atoms with Gasteiger partial charge < -0.3 is 10.6 Å². The van der Waals surface area contributed by atoms with E-state index >= 15 is 0 Å². The summed E-state index contributed by atoms with van der Waals surface area (Å²) in [5, 5.41) is 19.9. The van der Waals surface area contributed by atoms with Crippen molar-refractivity contribution < 1.29 is 14.9 Å². The number of carbonyl (C=O) groups is 1. The molecule has 1 aromatic carbocycles. The molecular weight excluding hydrogens is 228 g/mol. The zero-order valence-electron chi connectivity index (χ0n) is 8.71. The van der Waals surface area contributed by atoms with E-state index in [0.29, 0.717) is 13.1 Å². The summed E-state index contributed by atoms with van der Waals surface area (Å²) in [6, 6.07) is 2.42. The second kappa shape index (κ2) is 3.91. The van der Waals surface area contributed by atoms with Crippen LogP contribution in [-0.4, -0.2) is 29.1 Å². The average Bonchev–Trinajstić information content (AvgIpc) is 3.10. The number of carbonyl (C=O) groups excluding carboxylic acids is 1. The van der Waals surface area contributed by atoms with Crippen LogP contribution < -0.4 is 16.1 Å². The molecule has 1 amide bonds. The molecule has 1 saturated heterocycles. The van der Waals surface area contributed by atoms with Gasteiger partial charge in [0.2, 0.25) is 0 Å². The maximum absolute atomic E-state index is 11.1. The minimum absolute atomic E-state index is 0.0139. The molecule has 4 N–H and O–H groups in total. The molecule has 2 rings (SSSR count). The lowest BCUT2D eigenvalue weighted by atomic mass is 10.1. The Hall–Kier alpha value is -2.35. The quantitative estimate of drug-likeness (QED) is 0.394. The van der Waals surface area contributed by atoms with Gasteiger partial charge in [-0.15, -0.1) is 0 Å². The number of amides is 1. The van der Waals surface area contributed by atoms with E-state index in [1.807, 2.05) is 5.48 Å². The smallest absolute Gasteiger partial charge is 0.294 e. The van der Waals surface area contributed by atoms with Gasteiger partial charge in [0.05, 0.1) is 10.5 Å². The first-order chi connectivity index (χ1) is 8.06. The maximum atomic E-state index is 11.1. The lowest BCUT2D eigenvalue weighted by Crippen LogP contribution is -2.15. The van der Waals surface area contributed by atoms with Crippen LogP contribution >= 0.6 is 0 Å². The molecule has 1 heterocycles. The molecular formula is C9H10N4O4. The molecule has 17 heavy (non-hydrogen) atoms. The molecule has 90 valence electrons. The molecule has 8 nitrogen and oxygen atoms in total. The molecule has 0 saturated carbocycles. The van der Waals surface area contributed by atoms with Gasteiger partial charge in [-0.2, -0.15) is 0 Å². The third kappa shape index (κ3) is 1.85. The number of anilines is 2. The summed E-state index contributed by atoms with van der Waals surface area (Å²) in [5.74, 6) is -0.764. The van der Waals surface area contributed by atoms with Gasteiger partial charge in [0.1, 0.15) is 11.4 Å². The number of hydrogen-bond acceptors (Lipinski definition) is 6. The largest absolute Gasteiger partial charge is 0.366 e. The first-order valence-corrected chi connectivity index (χ1v) is 4.82. The molecule has 1 aliphatic rings. The summed E-state index contributed by atoms with van der Waals surface area (Å²) in [4.78, 5) is 23.1. The second-order valence-electron chi connectivity index (χ2n) is 3.58. The van der Waals surface area contributed by atoms with Gasteiger partial charge in [0, 0.05) is 19.2 Å². The first kappa shape index (κ1) is 11.1. The highest BCUT2D eigenvalue weighted by Crippen LogP contribution is 2.40. The topological polar surface area (TPSA) is 122 Å². The Morgan fingerprint density at radius 3 is 2.59 bits per heavy atom. The van der Waals surface area contributed by atoms with Gasteiger partial charge in [-0.1, -0.05) is 0 Å². The lowest BCUT2D eigenvalue weighted by Gasteiger charge is -2.12. The molecule has 0 radical (unpaired) electrons. The molecule has 0 bridgehead atoms. The molecule has 8 heteroatoms. The predicted molar refractivity (Wildman–Crippen MR) is 59.2 cm³/mol. The van der Waals surface area contributed by atoms with E-state index in [4.69, 9.17) is 10.9 Å². The van der Waals surface area contributed by atoms with Crippen LogP contribution in [0.15, 0.2) is 12.1 Å². The molecule has 0 unspecified atom stereocenters. The van der Waals surface area contributed by atoms with Crippen LogP contribution in [0.4, 0.5) is 17.1 Å². The van der Waals surface area contributed by atoms with Crippen molar-refractivity contribution in [2.75, 3.05) is 23.5 Å². The molecule has 1 aromatic rings. The summed E-state index contributed by atoms with van der Waals surface area (Å²) in [6.45, 7) is 1.27. The van der Waals surface area contributed by atoms with E-state index in [2.05, 4.69) is 0 Å². The van der Waals surface area contributed by atoms with E-state index < -0.39 is 10.8 Å². The second-order valence-corrected chi connectivity index (χ2v) is 3.58. The lowest BCUT2D eigenvalue weighted by molar-refractivity contribution is -0.384. The van der Waals surface area contributed by atoms with Gasteiger partial charge in [0.25, 0.3) is 11.6 Å². The Bertz CT molecular complexity index is 498. The SMILES string of the molecule is NC(=O)c1ccc([N+](=O)[O-])c(N2CC2)c1NO. The van der Waals surface area contributed by atoms with E-state index in [9.17, 15) is 14.9 Å². The van der Waals surface area contributed by atoms with Crippen LogP contribution in [0.3, 0.4) is 0 Å². The number of nitro benzene ring substituents is 1. The minimum Gasteiger partial charge on any atom is -0.366 e. The highest BCUT2D eigenvalue weighted by Gasteiger charge is 2.32. The Labute approximate surface area is 95.7 Å². The number of nitrogens with one attached hydrogen (secondary N) is 1. The van der Waals surface area contributed by atoms with Gasteiger partial charge in [0.15, 0.2) is 0 Å². The highest BCUT2D eigenvalue weighted by atomic mass is 16.6. The van der Waals surface area contributed by atoms with Crippen LogP contribution in [0.2, 0.25) is 0 Å². The molecule has 1 fully saturated rings. The van der Waals surface area contributed by atoms with Crippen LogP contribution in [0, 0.1) is 10.1 Å². The van der Waals surface area contributed by atoms with Crippen LogP contribution in [0.1, 0.15) is 10.4 Å². The normalized spacial score (nSPS) is 13.4. The molecule has 0 aliphatic carbocycles. The third-order valence-corrected chi connectivity index (χ3v) is 2.49. The number of primary amides is 1. The number of hydrogen-bond donors (Lipinski definition) is 3. The fraction of sp³-hybridized carbons (Fsp3) is 0.222. The summed E-state index contributed by atoms with van der Waals surface area (Å²) < 4.78 is 0. The minimum atomic E-state index is -0.764. The van der Waals surface area contributed by atoms with Crippen molar-refractivity contribution in [2.24, 2.45) is 5.73 Å². The summed E-state index contributed by atoms with van der Waals surface area (Å²) in [7, 11) is 0. The molecule has 1 aliphatic heterocycles. The molecule has 0 spiro atoms. The van der Waals surface area contributed by atoms with E-state index in [1.54, 1.807) is 4.90 Å².